The first-order valence-electron chi connectivity index (χ1n) is 3.50. The molecule has 0 rings (SSSR count). The molecule has 0 heterocycles. The number of amides is 1. The standard InChI is InChI=1S/C8H11NO3/c1-3-4-5-8(11)9-12-6-7(2)10/h1H,4-6H2,2H3,(H,9,11). The van der Waals surface area contributed by atoms with Gasteiger partial charge in [0, 0.05) is 12.8 Å². The van der Waals surface area contributed by atoms with Crippen LogP contribution in [0.5, 0.6) is 0 Å². The van der Waals surface area contributed by atoms with E-state index in [1.807, 2.05) is 0 Å². The quantitative estimate of drug-likeness (QED) is 0.467. The number of terminal acetylenes is 1. The second kappa shape index (κ2) is 6.38. The lowest BCUT2D eigenvalue weighted by atomic mass is 10.3. The van der Waals surface area contributed by atoms with Gasteiger partial charge >= 0.3 is 0 Å². The molecule has 0 aliphatic heterocycles. The molecule has 0 aliphatic rings. The fourth-order valence-electron chi connectivity index (χ4n) is 0.455. The van der Waals surface area contributed by atoms with Gasteiger partial charge in [-0.3, -0.25) is 14.4 Å². The molecule has 0 aromatic carbocycles. The number of hydroxylamine groups is 1. The van der Waals surface area contributed by atoms with Crippen molar-refractivity contribution in [2.75, 3.05) is 6.61 Å². The zero-order chi connectivity index (χ0) is 9.40. The molecular weight excluding hydrogens is 158 g/mol. The molecule has 12 heavy (non-hydrogen) atoms. The topological polar surface area (TPSA) is 55.4 Å². The maximum Gasteiger partial charge on any atom is 0.244 e. The van der Waals surface area contributed by atoms with Crippen molar-refractivity contribution < 1.29 is 14.4 Å². The predicted octanol–water partition coefficient (Wildman–Crippen LogP) is 0.0366. The Morgan fingerprint density at radius 1 is 1.58 bits per heavy atom. The van der Waals surface area contributed by atoms with Crippen molar-refractivity contribution in [3.8, 4) is 12.3 Å². The Labute approximate surface area is 71.2 Å². The van der Waals surface area contributed by atoms with Crippen LogP contribution in [0.1, 0.15) is 19.8 Å². The summed E-state index contributed by atoms with van der Waals surface area (Å²) in [6, 6.07) is 0. The Hall–Kier alpha value is -1.34. The molecule has 0 fully saturated rings. The molecule has 0 unspecified atom stereocenters. The fraction of sp³-hybridized carbons (Fsp3) is 0.500. The monoisotopic (exact) mass is 169 g/mol. The van der Waals surface area contributed by atoms with Gasteiger partial charge in [-0.05, 0) is 6.92 Å². The van der Waals surface area contributed by atoms with Gasteiger partial charge in [-0.1, -0.05) is 0 Å². The summed E-state index contributed by atoms with van der Waals surface area (Å²) in [5.74, 6) is 1.86. The molecule has 0 aromatic rings. The summed E-state index contributed by atoms with van der Waals surface area (Å²) >= 11 is 0. The molecule has 1 N–H and O–H groups in total. The summed E-state index contributed by atoms with van der Waals surface area (Å²) in [4.78, 5) is 25.6. The van der Waals surface area contributed by atoms with E-state index in [-0.39, 0.29) is 24.7 Å². The molecule has 4 heteroatoms. The van der Waals surface area contributed by atoms with Crippen LogP contribution in [0, 0.1) is 12.3 Å². The Kier molecular flexibility index (Phi) is 5.66. The summed E-state index contributed by atoms with van der Waals surface area (Å²) in [5.41, 5.74) is 2.09. The van der Waals surface area contributed by atoms with E-state index < -0.39 is 0 Å². The predicted molar refractivity (Wildman–Crippen MR) is 42.8 cm³/mol. The molecule has 0 radical (unpaired) electrons. The van der Waals surface area contributed by atoms with Crippen LogP contribution in [-0.2, 0) is 14.4 Å². The summed E-state index contributed by atoms with van der Waals surface area (Å²) in [7, 11) is 0. The molecule has 1 amide bonds. The Balaban J connectivity index is 3.33. The first-order valence-corrected chi connectivity index (χ1v) is 3.50. The highest BCUT2D eigenvalue weighted by Gasteiger charge is 1.99. The van der Waals surface area contributed by atoms with E-state index >= 15 is 0 Å². The first-order chi connectivity index (χ1) is 5.66. The van der Waals surface area contributed by atoms with E-state index in [1.54, 1.807) is 0 Å². The molecule has 0 bridgehead atoms. The number of hydrogen-bond acceptors (Lipinski definition) is 3. The second-order valence-electron chi connectivity index (χ2n) is 2.22. The van der Waals surface area contributed by atoms with Crippen molar-refractivity contribution in [2.24, 2.45) is 0 Å². The minimum absolute atomic E-state index is 0.109. The highest BCUT2D eigenvalue weighted by Crippen LogP contribution is 1.85. The summed E-state index contributed by atoms with van der Waals surface area (Å²) < 4.78 is 0. The lowest BCUT2D eigenvalue weighted by Gasteiger charge is -2.01. The van der Waals surface area contributed by atoms with Gasteiger partial charge in [0.2, 0.25) is 5.91 Å². The maximum absolute atomic E-state index is 10.7. The van der Waals surface area contributed by atoms with Crippen molar-refractivity contribution >= 4 is 11.7 Å². The number of Topliss-reactive ketones (excluding diaryl/α,β-unsaturated/α-hetero) is 1. The van der Waals surface area contributed by atoms with Gasteiger partial charge in [0.25, 0.3) is 0 Å². The lowest BCUT2D eigenvalue weighted by Crippen LogP contribution is -2.25. The van der Waals surface area contributed by atoms with Crippen molar-refractivity contribution in [3.63, 3.8) is 0 Å². The number of carbonyl (C=O) groups excluding carboxylic acids is 2. The van der Waals surface area contributed by atoms with Crippen molar-refractivity contribution in [1.29, 1.82) is 0 Å². The first kappa shape index (κ1) is 10.7. The molecule has 66 valence electrons. The van der Waals surface area contributed by atoms with E-state index in [2.05, 4.69) is 16.2 Å². The van der Waals surface area contributed by atoms with E-state index in [1.165, 1.54) is 6.92 Å². The number of carbonyl (C=O) groups is 2. The SMILES string of the molecule is C#CCCC(=O)NOCC(C)=O. The second-order valence-corrected chi connectivity index (χ2v) is 2.22. The van der Waals surface area contributed by atoms with Crippen LogP contribution in [0.2, 0.25) is 0 Å². The molecule has 0 aliphatic carbocycles. The van der Waals surface area contributed by atoms with Crippen LogP contribution in [0.3, 0.4) is 0 Å². The Morgan fingerprint density at radius 2 is 2.25 bits per heavy atom. The van der Waals surface area contributed by atoms with Gasteiger partial charge < -0.3 is 0 Å². The van der Waals surface area contributed by atoms with E-state index in [0.717, 1.165) is 0 Å². The van der Waals surface area contributed by atoms with Gasteiger partial charge in [-0.15, -0.1) is 12.3 Å². The molecule has 0 atom stereocenters. The third kappa shape index (κ3) is 6.78. The number of ketones is 1. The number of nitrogens with one attached hydrogen (secondary N) is 1. The van der Waals surface area contributed by atoms with Gasteiger partial charge in [0.1, 0.15) is 6.61 Å². The van der Waals surface area contributed by atoms with Crippen molar-refractivity contribution in [3.05, 3.63) is 0 Å². The number of hydrogen-bond donors (Lipinski definition) is 1. The minimum Gasteiger partial charge on any atom is -0.297 e. The highest BCUT2D eigenvalue weighted by molar-refractivity contribution is 5.78. The fourth-order valence-corrected chi connectivity index (χ4v) is 0.455. The van der Waals surface area contributed by atoms with E-state index in [9.17, 15) is 9.59 Å². The maximum atomic E-state index is 10.7. The number of rotatable bonds is 5. The largest absolute Gasteiger partial charge is 0.297 e. The van der Waals surface area contributed by atoms with Crippen LogP contribution in [-0.4, -0.2) is 18.3 Å². The van der Waals surface area contributed by atoms with Crippen LogP contribution in [0.25, 0.3) is 0 Å². The third-order valence-corrected chi connectivity index (χ3v) is 0.958. The van der Waals surface area contributed by atoms with Crippen LogP contribution in [0.15, 0.2) is 0 Å². The van der Waals surface area contributed by atoms with Gasteiger partial charge in [0.05, 0.1) is 0 Å². The van der Waals surface area contributed by atoms with Gasteiger partial charge in [0.15, 0.2) is 5.78 Å². The van der Waals surface area contributed by atoms with E-state index in [4.69, 9.17) is 6.42 Å². The lowest BCUT2D eigenvalue weighted by molar-refractivity contribution is -0.137. The van der Waals surface area contributed by atoms with Crippen LogP contribution in [0.4, 0.5) is 0 Å². The van der Waals surface area contributed by atoms with Crippen molar-refractivity contribution in [2.45, 2.75) is 19.8 Å². The summed E-state index contributed by atoms with van der Waals surface area (Å²) in [6.07, 6.45) is 5.52. The Morgan fingerprint density at radius 3 is 2.75 bits per heavy atom. The molecular formula is C8H11NO3. The van der Waals surface area contributed by atoms with E-state index in [0.29, 0.717) is 6.42 Å². The summed E-state index contributed by atoms with van der Waals surface area (Å²) in [6.45, 7) is 1.26. The molecule has 0 spiro atoms. The molecule has 0 saturated heterocycles. The average Bonchev–Trinajstić information content (AvgIpc) is 2.00. The normalized spacial score (nSPS) is 8.67. The molecule has 4 nitrogen and oxygen atoms in total. The van der Waals surface area contributed by atoms with Gasteiger partial charge in [-0.25, -0.2) is 5.48 Å². The zero-order valence-electron chi connectivity index (χ0n) is 6.92. The van der Waals surface area contributed by atoms with Crippen LogP contribution >= 0.6 is 0 Å². The zero-order valence-corrected chi connectivity index (χ0v) is 6.92. The molecule has 0 aromatic heterocycles. The minimum atomic E-state index is -0.311. The Bertz CT molecular complexity index is 205. The highest BCUT2D eigenvalue weighted by atomic mass is 16.7. The van der Waals surface area contributed by atoms with Gasteiger partial charge in [-0.2, -0.15) is 0 Å². The average molecular weight is 169 g/mol. The smallest absolute Gasteiger partial charge is 0.244 e. The molecule has 0 saturated carbocycles. The third-order valence-electron chi connectivity index (χ3n) is 0.958. The van der Waals surface area contributed by atoms with Crippen LogP contribution < -0.4 is 5.48 Å². The van der Waals surface area contributed by atoms with Crippen molar-refractivity contribution in [1.82, 2.24) is 5.48 Å². The summed E-state index contributed by atoms with van der Waals surface area (Å²) in [5, 5.41) is 0.